The van der Waals surface area contributed by atoms with E-state index in [1.54, 1.807) is 6.92 Å². The van der Waals surface area contributed by atoms with Crippen molar-refractivity contribution < 1.29 is 13.6 Å². The predicted octanol–water partition coefficient (Wildman–Crippen LogP) is 3.51. The third kappa shape index (κ3) is 6.84. The minimum Gasteiger partial charge on any atom is -0.547 e. The van der Waals surface area contributed by atoms with Crippen molar-refractivity contribution in [3.8, 4) is 0 Å². The van der Waals surface area contributed by atoms with Gasteiger partial charge in [-0.05, 0) is 53.1 Å². The van der Waals surface area contributed by atoms with E-state index in [0.29, 0.717) is 11.3 Å². The topological polar surface area (TPSA) is 35.5 Å². The molecule has 0 rings (SSSR count). The van der Waals surface area contributed by atoms with Crippen LogP contribution in [0.1, 0.15) is 13.8 Å². The lowest BCUT2D eigenvalue weighted by Gasteiger charge is -2.22. The van der Waals surface area contributed by atoms with Crippen LogP contribution in [0.15, 0.2) is 11.3 Å². The Morgan fingerprint density at radius 3 is 1.50 bits per heavy atom. The minimum absolute atomic E-state index is 0.241. The van der Waals surface area contributed by atoms with E-state index >= 15 is 0 Å². The zero-order valence-electron chi connectivity index (χ0n) is 11.7. The third-order valence-electron chi connectivity index (χ3n) is 1.69. The Hall–Kier alpha value is -0.556. The normalized spacial score (nSPS) is 14.2. The van der Waals surface area contributed by atoms with E-state index in [4.69, 9.17) is 8.85 Å². The molecule has 0 spiro atoms. The van der Waals surface area contributed by atoms with Gasteiger partial charge in [0.1, 0.15) is 0 Å². The molecule has 0 aromatic carbocycles. The maximum Gasteiger partial charge on any atom is 0.323 e. The lowest BCUT2D eigenvalue weighted by atomic mass is 10.3. The van der Waals surface area contributed by atoms with E-state index in [1.165, 1.54) is 0 Å². The number of carbonyl (C=O) groups is 1. The zero-order chi connectivity index (χ0) is 13.1. The van der Waals surface area contributed by atoms with Gasteiger partial charge in [0, 0.05) is 0 Å². The molecule has 0 aliphatic carbocycles. The van der Waals surface area contributed by atoms with Gasteiger partial charge in [-0.1, -0.05) is 0 Å². The van der Waals surface area contributed by atoms with Crippen molar-refractivity contribution >= 4 is 22.6 Å². The van der Waals surface area contributed by atoms with Gasteiger partial charge in [-0.15, -0.1) is 0 Å². The molecule has 3 nitrogen and oxygen atoms in total. The highest BCUT2D eigenvalue weighted by Crippen LogP contribution is 2.16. The van der Waals surface area contributed by atoms with Crippen LogP contribution < -0.4 is 0 Å². The monoisotopic (exact) mass is 260 g/mol. The van der Waals surface area contributed by atoms with Gasteiger partial charge in [0.25, 0.3) is 0 Å². The Balaban J connectivity index is 4.70. The molecule has 5 heteroatoms. The van der Waals surface area contributed by atoms with Gasteiger partial charge >= 0.3 is 5.97 Å². The molecule has 16 heavy (non-hydrogen) atoms. The SMILES string of the molecule is C/C(O[Si](C)(C)C)=C(\C)C(=O)O[Si](C)(C)C. The standard InChI is InChI=1S/C11H24O3Si2/c1-9(10(2)13-15(3,4)5)11(12)14-16(6,7)8/h1-8H3/b10-9-. The first-order chi connectivity index (χ1) is 6.92. The quantitative estimate of drug-likeness (QED) is 0.441. The first kappa shape index (κ1) is 15.4. The van der Waals surface area contributed by atoms with Crippen LogP contribution in [0.2, 0.25) is 39.3 Å². The molecule has 0 heterocycles. The fraction of sp³-hybridized carbons (Fsp3) is 0.727. The maximum atomic E-state index is 11.8. The van der Waals surface area contributed by atoms with Crippen LogP contribution in [-0.4, -0.2) is 22.6 Å². The number of allylic oxidation sites excluding steroid dienone is 1. The molecule has 0 aliphatic rings. The van der Waals surface area contributed by atoms with Gasteiger partial charge < -0.3 is 8.85 Å². The van der Waals surface area contributed by atoms with E-state index in [-0.39, 0.29) is 5.97 Å². The summed E-state index contributed by atoms with van der Waals surface area (Å²) in [5, 5.41) is 0. The molecule has 0 atom stereocenters. The minimum atomic E-state index is -1.82. The number of hydrogen-bond acceptors (Lipinski definition) is 3. The summed E-state index contributed by atoms with van der Waals surface area (Å²) < 4.78 is 11.2. The van der Waals surface area contributed by atoms with Crippen LogP contribution in [0, 0.1) is 0 Å². The second-order valence-corrected chi connectivity index (χ2v) is 14.8. The van der Waals surface area contributed by atoms with E-state index < -0.39 is 16.6 Å². The molecule has 0 amide bonds. The van der Waals surface area contributed by atoms with Gasteiger partial charge in [0.05, 0.1) is 11.3 Å². The Kier molecular flexibility index (Phi) is 5.00. The fourth-order valence-electron chi connectivity index (χ4n) is 1.03. The van der Waals surface area contributed by atoms with Crippen LogP contribution in [-0.2, 0) is 13.6 Å². The van der Waals surface area contributed by atoms with Crippen LogP contribution in [0.5, 0.6) is 0 Å². The molecule has 0 N–H and O–H groups in total. The summed E-state index contributed by atoms with van der Waals surface area (Å²) >= 11 is 0. The molecule has 0 aliphatic heterocycles. The second kappa shape index (κ2) is 5.18. The van der Waals surface area contributed by atoms with Crippen molar-refractivity contribution in [2.75, 3.05) is 0 Å². The number of carbonyl (C=O) groups excluding carboxylic acids is 1. The van der Waals surface area contributed by atoms with Crippen molar-refractivity contribution in [3.05, 3.63) is 11.3 Å². The molecule has 0 aromatic heterocycles. The van der Waals surface area contributed by atoms with E-state index in [1.807, 2.05) is 26.6 Å². The summed E-state index contributed by atoms with van der Waals surface area (Å²) in [7, 11) is -3.46. The molecule has 0 bridgehead atoms. The van der Waals surface area contributed by atoms with Crippen LogP contribution in [0.3, 0.4) is 0 Å². The van der Waals surface area contributed by atoms with Crippen molar-refractivity contribution in [1.29, 1.82) is 0 Å². The van der Waals surface area contributed by atoms with Gasteiger partial charge in [0.15, 0.2) is 0 Å². The Morgan fingerprint density at radius 2 is 1.19 bits per heavy atom. The van der Waals surface area contributed by atoms with Crippen LogP contribution in [0.4, 0.5) is 0 Å². The molecule has 0 fully saturated rings. The molecule has 94 valence electrons. The van der Waals surface area contributed by atoms with E-state index in [2.05, 4.69) is 19.6 Å². The average molecular weight is 260 g/mol. The average Bonchev–Trinajstić information content (AvgIpc) is 1.96. The summed E-state index contributed by atoms with van der Waals surface area (Å²) in [4.78, 5) is 11.8. The first-order valence-electron chi connectivity index (χ1n) is 5.52. The number of hydrogen-bond donors (Lipinski definition) is 0. The number of rotatable bonds is 4. The summed E-state index contributed by atoms with van der Waals surface area (Å²) in [6, 6.07) is 0. The summed E-state index contributed by atoms with van der Waals surface area (Å²) in [5.41, 5.74) is 0.588. The molecule has 0 saturated heterocycles. The second-order valence-electron chi connectivity index (χ2n) is 5.90. The summed E-state index contributed by atoms with van der Waals surface area (Å²) in [6.07, 6.45) is 0. The van der Waals surface area contributed by atoms with Gasteiger partial charge in [-0.2, -0.15) is 0 Å². The lowest BCUT2D eigenvalue weighted by Crippen LogP contribution is -2.31. The van der Waals surface area contributed by atoms with Crippen molar-refractivity contribution in [2.24, 2.45) is 0 Å². The molecule has 0 saturated carbocycles. The van der Waals surface area contributed by atoms with Gasteiger partial charge in [-0.3, -0.25) is 0 Å². The van der Waals surface area contributed by atoms with Crippen molar-refractivity contribution in [2.45, 2.75) is 53.1 Å². The fourth-order valence-corrected chi connectivity index (χ4v) is 2.82. The first-order valence-corrected chi connectivity index (χ1v) is 12.3. The lowest BCUT2D eigenvalue weighted by molar-refractivity contribution is -0.130. The van der Waals surface area contributed by atoms with E-state index in [9.17, 15) is 4.79 Å². The van der Waals surface area contributed by atoms with Crippen LogP contribution >= 0.6 is 0 Å². The highest BCUT2D eigenvalue weighted by molar-refractivity contribution is 6.71. The zero-order valence-corrected chi connectivity index (χ0v) is 13.7. The Bertz CT molecular complexity index is 295. The molecule has 0 radical (unpaired) electrons. The van der Waals surface area contributed by atoms with Crippen LogP contribution in [0.25, 0.3) is 0 Å². The van der Waals surface area contributed by atoms with Gasteiger partial charge in [0.2, 0.25) is 16.6 Å². The van der Waals surface area contributed by atoms with Crippen molar-refractivity contribution in [3.63, 3.8) is 0 Å². The summed E-state index contributed by atoms with van der Waals surface area (Å²) in [5.74, 6) is 0.456. The third-order valence-corrected chi connectivity index (χ3v) is 3.41. The largest absolute Gasteiger partial charge is 0.547 e. The molecule has 0 unspecified atom stereocenters. The molecule has 0 aromatic rings. The Labute approximate surface area is 101 Å². The summed E-state index contributed by atoms with van der Waals surface area (Å²) in [6.45, 7) is 15.8. The highest BCUT2D eigenvalue weighted by atomic mass is 28.4. The highest BCUT2D eigenvalue weighted by Gasteiger charge is 2.23. The smallest absolute Gasteiger partial charge is 0.323 e. The van der Waals surface area contributed by atoms with Crippen molar-refractivity contribution in [1.82, 2.24) is 0 Å². The molecular formula is C11H24O3Si2. The Morgan fingerprint density at radius 1 is 0.812 bits per heavy atom. The maximum absolute atomic E-state index is 11.8. The van der Waals surface area contributed by atoms with Gasteiger partial charge in [-0.25, -0.2) is 4.79 Å². The van der Waals surface area contributed by atoms with E-state index in [0.717, 1.165) is 0 Å². The molecular weight excluding hydrogens is 236 g/mol. The predicted molar refractivity (Wildman–Crippen MR) is 72.2 cm³/mol.